The van der Waals surface area contributed by atoms with Crippen molar-refractivity contribution in [2.24, 2.45) is 5.92 Å². The Kier molecular flexibility index (Phi) is 8.75. The fourth-order valence-electron chi connectivity index (χ4n) is 3.00. The number of nitrogens with one attached hydrogen (secondary N) is 1. The van der Waals surface area contributed by atoms with E-state index in [4.69, 9.17) is 4.74 Å². The number of hydrogen-bond acceptors (Lipinski definition) is 5. The summed E-state index contributed by atoms with van der Waals surface area (Å²) in [5.74, 6) is 0.531. The van der Waals surface area contributed by atoms with E-state index in [1.165, 1.54) is 12.8 Å². The molecule has 0 radical (unpaired) electrons. The highest BCUT2D eigenvalue weighted by Crippen LogP contribution is 2.23. The summed E-state index contributed by atoms with van der Waals surface area (Å²) in [6.07, 6.45) is 2.39. The molecule has 0 aromatic carbocycles. The minimum absolute atomic E-state index is 0.215. The molecule has 1 fully saturated rings. The first-order chi connectivity index (χ1) is 10.4. The molecule has 6 heteroatoms. The largest absolute Gasteiger partial charge is 0.446 e. The second-order valence-corrected chi connectivity index (χ2v) is 6.62. The normalized spacial score (nSPS) is 21.1. The zero-order valence-corrected chi connectivity index (χ0v) is 13.7. The molecule has 22 heavy (non-hydrogen) atoms. The van der Waals surface area contributed by atoms with Crippen molar-refractivity contribution in [3.05, 3.63) is 0 Å². The second-order valence-electron chi connectivity index (χ2n) is 6.62. The summed E-state index contributed by atoms with van der Waals surface area (Å²) in [4.78, 5) is 11.8. The molecule has 0 bridgehead atoms. The number of rotatable bonds is 9. The molecule has 4 unspecified atom stereocenters. The molecule has 1 rings (SSSR count). The van der Waals surface area contributed by atoms with Crippen LogP contribution in [0.5, 0.6) is 0 Å². The van der Waals surface area contributed by atoms with E-state index in [1.54, 1.807) is 13.8 Å². The number of aliphatic hydroxyl groups is 3. The monoisotopic (exact) mass is 317 g/mol. The van der Waals surface area contributed by atoms with Gasteiger partial charge in [-0.15, -0.1) is 0 Å². The quantitative estimate of drug-likeness (QED) is 0.517. The fraction of sp³-hybridized carbons (Fsp3) is 0.938. The maximum Gasteiger partial charge on any atom is 0.407 e. The highest BCUT2D eigenvalue weighted by atomic mass is 16.6. The van der Waals surface area contributed by atoms with Crippen molar-refractivity contribution in [1.82, 2.24) is 5.32 Å². The minimum atomic E-state index is -0.758. The van der Waals surface area contributed by atoms with E-state index in [0.717, 1.165) is 12.8 Å². The van der Waals surface area contributed by atoms with Gasteiger partial charge in [0, 0.05) is 19.4 Å². The fourth-order valence-corrected chi connectivity index (χ4v) is 3.00. The second kappa shape index (κ2) is 10.0. The van der Waals surface area contributed by atoms with Crippen LogP contribution < -0.4 is 5.32 Å². The van der Waals surface area contributed by atoms with Crippen molar-refractivity contribution in [3.8, 4) is 0 Å². The maximum atomic E-state index is 11.8. The van der Waals surface area contributed by atoms with Gasteiger partial charge in [0.05, 0.1) is 18.3 Å². The molecular weight excluding hydrogens is 286 g/mol. The van der Waals surface area contributed by atoms with Crippen LogP contribution in [-0.4, -0.2) is 52.4 Å². The zero-order chi connectivity index (χ0) is 16.5. The van der Waals surface area contributed by atoms with Gasteiger partial charge >= 0.3 is 6.09 Å². The predicted octanol–water partition coefficient (Wildman–Crippen LogP) is 1.56. The lowest BCUT2D eigenvalue weighted by molar-refractivity contribution is 0.0125. The van der Waals surface area contributed by atoms with Crippen molar-refractivity contribution in [3.63, 3.8) is 0 Å². The summed E-state index contributed by atoms with van der Waals surface area (Å²) in [6.45, 7) is 3.84. The van der Waals surface area contributed by atoms with Crippen LogP contribution in [0.4, 0.5) is 4.79 Å². The number of alkyl carbamates (subject to hydrolysis) is 1. The average Bonchev–Trinajstić information content (AvgIpc) is 2.87. The lowest BCUT2D eigenvalue weighted by Crippen LogP contribution is -2.35. The first-order valence-corrected chi connectivity index (χ1v) is 8.35. The van der Waals surface area contributed by atoms with Gasteiger partial charge in [-0.25, -0.2) is 4.79 Å². The molecule has 1 aliphatic carbocycles. The number of carbonyl (C=O) groups is 1. The lowest BCUT2D eigenvalue weighted by atomic mass is 10.0. The van der Waals surface area contributed by atoms with Gasteiger partial charge in [-0.1, -0.05) is 12.8 Å². The van der Waals surface area contributed by atoms with E-state index in [9.17, 15) is 20.1 Å². The standard InChI is InChI=1S/C16H31NO5/c1-11(18)7-14(20)9-15(8-12(2)19)22-16(21)17-10-13-5-3-4-6-13/h11-15,18-20H,3-10H2,1-2H3,(H,17,21). The van der Waals surface area contributed by atoms with Crippen molar-refractivity contribution in [1.29, 1.82) is 0 Å². The van der Waals surface area contributed by atoms with Gasteiger partial charge in [0.25, 0.3) is 0 Å². The Morgan fingerprint density at radius 3 is 2.23 bits per heavy atom. The van der Waals surface area contributed by atoms with E-state index >= 15 is 0 Å². The molecule has 6 nitrogen and oxygen atoms in total. The molecule has 1 aliphatic rings. The third-order valence-corrected chi connectivity index (χ3v) is 4.04. The van der Waals surface area contributed by atoms with Gasteiger partial charge in [-0.05, 0) is 39.0 Å². The van der Waals surface area contributed by atoms with Crippen LogP contribution in [0.1, 0.15) is 58.8 Å². The first kappa shape index (κ1) is 19.2. The molecule has 4 N–H and O–H groups in total. The number of hydrogen-bond donors (Lipinski definition) is 4. The molecule has 1 saturated carbocycles. The van der Waals surface area contributed by atoms with E-state index in [0.29, 0.717) is 12.5 Å². The first-order valence-electron chi connectivity index (χ1n) is 8.35. The highest BCUT2D eigenvalue weighted by Gasteiger charge is 2.22. The van der Waals surface area contributed by atoms with Crippen LogP contribution in [0.25, 0.3) is 0 Å². The Bertz CT molecular complexity index is 316. The van der Waals surface area contributed by atoms with Crippen LogP contribution in [0.15, 0.2) is 0 Å². The van der Waals surface area contributed by atoms with Crippen LogP contribution in [-0.2, 0) is 4.74 Å². The van der Waals surface area contributed by atoms with E-state index in [-0.39, 0.29) is 19.3 Å². The lowest BCUT2D eigenvalue weighted by Gasteiger charge is -2.23. The predicted molar refractivity (Wildman–Crippen MR) is 83.4 cm³/mol. The summed E-state index contributed by atoms with van der Waals surface area (Å²) >= 11 is 0. The van der Waals surface area contributed by atoms with Gasteiger partial charge < -0.3 is 25.4 Å². The van der Waals surface area contributed by atoms with Crippen LogP contribution >= 0.6 is 0 Å². The Morgan fingerprint density at radius 2 is 1.68 bits per heavy atom. The van der Waals surface area contributed by atoms with Gasteiger partial charge in [0.15, 0.2) is 0 Å². The minimum Gasteiger partial charge on any atom is -0.446 e. The molecule has 0 aromatic rings. The van der Waals surface area contributed by atoms with Gasteiger partial charge in [0.1, 0.15) is 6.10 Å². The summed E-state index contributed by atoms with van der Waals surface area (Å²) in [6, 6.07) is 0. The SMILES string of the molecule is CC(O)CC(O)CC(CC(C)O)OC(=O)NCC1CCCC1. The number of ether oxygens (including phenoxy) is 1. The van der Waals surface area contributed by atoms with Crippen LogP contribution in [0.2, 0.25) is 0 Å². The topological polar surface area (TPSA) is 99.0 Å². The summed E-state index contributed by atoms with van der Waals surface area (Å²) in [5.41, 5.74) is 0. The van der Waals surface area contributed by atoms with Gasteiger partial charge in [0.2, 0.25) is 0 Å². The highest BCUT2D eigenvalue weighted by molar-refractivity contribution is 5.67. The maximum absolute atomic E-state index is 11.8. The third kappa shape index (κ3) is 8.56. The van der Waals surface area contributed by atoms with Gasteiger partial charge in [-0.2, -0.15) is 0 Å². The van der Waals surface area contributed by atoms with Crippen molar-refractivity contribution >= 4 is 6.09 Å². The molecule has 0 aliphatic heterocycles. The smallest absolute Gasteiger partial charge is 0.407 e. The zero-order valence-electron chi connectivity index (χ0n) is 13.7. The van der Waals surface area contributed by atoms with Crippen molar-refractivity contribution in [2.45, 2.75) is 83.2 Å². The molecule has 0 saturated heterocycles. The van der Waals surface area contributed by atoms with Crippen LogP contribution in [0, 0.1) is 5.92 Å². The summed E-state index contributed by atoms with van der Waals surface area (Å²) in [7, 11) is 0. The number of carbonyl (C=O) groups excluding carboxylic acids is 1. The van der Waals surface area contributed by atoms with E-state index in [1.807, 2.05) is 0 Å². The molecule has 0 heterocycles. The Morgan fingerprint density at radius 1 is 1.09 bits per heavy atom. The summed E-state index contributed by atoms with van der Waals surface area (Å²) in [5, 5.41) is 31.4. The molecule has 0 aromatic heterocycles. The Hall–Kier alpha value is -0.850. The van der Waals surface area contributed by atoms with E-state index in [2.05, 4.69) is 5.32 Å². The van der Waals surface area contributed by atoms with Crippen molar-refractivity contribution in [2.75, 3.05) is 6.54 Å². The molecule has 1 amide bonds. The average molecular weight is 317 g/mol. The van der Waals surface area contributed by atoms with Gasteiger partial charge in [-0.3, -0.25) is 0 Å². The molecule has 130 valence electrons. The summed E-state index contributed by atoms with van der Waals surface area (Å²) < 4.78 is 5.32. The number of amides is 1. The third-order valence-electron chi connectivity index (χ3n) is 4.04. The van der Waals surface area contributed by atoms with Crippen LogP contribution in [0.3, 0.4) is 0 Å². The molecule has 4 atom stereocenters. The van der Waals surface area contributed by atoms with E-state index < -0.39 is 30.5 Å². The number of aliphatic hydroxyl groups excluding tert-OH is 3. The van der Waals surface area contributed by atoms with Crippen molar-refractivity contribution < 1.29 is 24.9 Å². The Labute approximate surface area is 132 Å². The Balaban J connectivity index is 2.36. The molecule has 0 spiro atoms. The molecular formula is C16H31NO5.